The van der Waals surface area contributed by atoms with E-state index in [2.05, 4.69) is 10.5 Å². The van der Waals surface area contributed by atoms with E-state index in [1.54, 1.807) is 4.08 Å². The maximum absolute atomic E-state index is 14.8. The third-order valence-corrected chi connectivity index (χ3v) is 5.72. The number of amides is 1. The van der Waals surface area contributed by atoms with E-state index in [4.69, 9.17) is 14.8 Å². The molecule has 3 N–H and O–H groups in total. The molecule has 1 aromatic carbocycles. The van der Waals surface area contributed by atoms with Gasteiger partial charge in [0.1, 0.15) is 6.61 Å². The van der Waals surface area contributed by atoms with Crippen molar-refractivity contribution in [2.45, 2.75) is 0 Å². The number of hydroxylamine groups is 1. The zero-order valence-corrected chi connectivity index (χ0v) is 18.7. The Morgan fingerprint density at radius 1 is 1.33 bits per heavy atom. The highest BCUT2D eigenvalue weighted by atomic mass is 127. The second-order valence-corrected chi connectivity index (χ2v) is 8.54. The number of benzene rings is 1. The van der Waals surface area contributed by atoms with E-state index in [0.29, 0.717) is 5.75 Å². The molecule has 0 radical (unpaired) electrons. The Morgan fingerprint density at radius 3 is 2.83 bits per heavy atom. The highest BCUT2D eigenvalue weighted by Gasteiger charge is 2.23. The van der Waals surface area contributed by atoms with E-state index in [1.165, 1.54) is 21.8 Å². The first-order chi connectivity index (χ1) is 14.5. The number of anilines is 1. The molecule has 0 aliphatic carbocycles. The topological polar surface area (TPSA) is 92.2 Å². The van der Waals surface area contributed by atoms with Gasteiger partial charge in [0.25, 0.3) is 5.91 Å². The minimum absolute atomic E-state index is 0.105. The molecule has 0 aromatic heterocycles. The molecule has 7 nitrogen and oxygen atoms in total. The lowest BCUT2D eigenvalue weighted by Gasteiger charge is -2.16. The van der Waals surface area contributed by atoms with Crippen molar-refractivity contribution in [1.29, 1.82) is 0 Å². The second kappa shape index (κ2) is 12.7. The number of aliphatic hydroxyl groups is 1. The molecule has 2 rings (SSSR count). The Hall–Kier alpha value is -1.90. The van der Waals surface area contributed by atoms with Gasteiger partial charge in [-0.15, -0.1) is 0 Å². The zero-order chi connectivity index (χ0) is 21.9. The van der Waals surface area contributed by atoms with E-state index < -0.39 is 49.8 Å². The maximum atomic E-state index is 14.8. The number of rotatable bonds is 11. The van der Waals surface area contributed by atoms with Crippen LogP contribution >= 0.6 is 32.5 Å². The first kappa shape index (κ1) is 24.4. The van der Waals surface area contributed by atoms with Crippen LogP contribution in [0.25, 0.3) is 0 Å². The highest BCUT2D eigenvalue weighted by molar-refractivity contribution is 14.2. The van der Waals surface area contributed by atoms with E-state index in [0.717, 1.165) is 12.3 Å². The summed E-state index contributed by atoms with van der Waals surface area (Å²) < 4.78 is 46.4. The summed E-state index contributed by atoms with van der Waals surface area (Å²) in [5, 5.41) is 14.8. The molecule has 0 spiro atoms. The van der Waals surface area contributed by atoms with E-state index in [1.807, 2.05) is 11.7 Å². The highest BCUT2D eigenvalue weighted by Crippen LogP contribution is 2.29. The van der Waals surface area contributed by atoms with Gasteiger partial charge in [-0.25, -0.2) is 18.7 Å². The van der Waals surface area contributed by atoms with Crippen LogP contribution in [0.1, 0.15) is 15.9 Å². The van der Waals surface area contributed by atoms with Crippen LogP contribution in [0.4, 0.5) is 18.9 Å². The molecule has 1 amide bonds. The molecule has 164 valence electrons. The van der Waals surface area contributed by atoms with Gasteiger partial charge in [0.2, 0.25) is 0 Å². The van der Waals surface area contributed by atoms with Gasteiger partial charge in [-0.2, -0.15) is 11.8 Å². The Labute approximate surface area is 185 Å². The van der Waals surface area contributed by atoms with E-state index >= 15 is 0 Å². The van der Waals surface area contributed by atoms with E-state index in [-0.39, 0.29) is 36.6 Å². The summed E-state index contributed by atoms with van der Waals surface area (Å²) in [6.07, 6.45) is 4.21. The second-order valence-electron chi connectivity index (χ2n) is 5.49. The predicted octanol–water partition coefficient (Wildman–Crippen LogP) is 3.23. The van der Waals surface area contributed by atoms with Crippen LogP contribution < -0.4 is 10.8 Å². The fraction of sp³-hybridized carbons (Fsp3) is 0.278. The molecule has 1 aliphatic rings. The van der Waals surface area contributed by atoms with Crippen molar-refractivity contribution >= 4 is 54.3 Å². The molecule has 0 atom stereocenters. The van der Waals surface area contributed by atoms with Gasteiger partial charge in [-0.05, 0) is 22.5 Å². The fourth-order valence-corrected chi connectivity index (χ4v) is 3.76. The van der Waals surface area contributed by atoms with Gasteiger partial charge in [0, 0.05) is 15.3 Å². The molecule has 1 aromatic rings. The Balaban J connectivity index is 2.40. The van der Waals surface area contributed by atoms with Crippen LogP contribution in [-0.4, -0.2) is 53.1 Å². The van der Waals surface area contributed by atoms with Crippen molar-refractivity contribution in [1.82, 2.24) is 5.48 Å². The smallest absolute Gasteiger partial charge is 0.277 e. The number of halogens is 4. The van der Waals surface area contributed by atoms with Gasteiger partial charge in [-0.1, -0.05) is 25.9 Å². The number of thioether (sulfide) groups is 1. The summed E-state index contributed by atoms with van der Waals surface area (Å²) in [6, 6.07) is 1.03. The summed E-state index contributed by atoms with van der Waals surface area (Å²) in [7, 11) is 0. The third-order valence-electron chi connectivity index (χ3n) is 3.46. The lowest BCUT2D eigenvalue weighted by Crippen LogP contribution is -2.27. The molecule has 1 heterocycles. The van der Waals surface area contributed by atoms with E-state index in [9.17, 15) is 18.0 Å². The average Bonchev–Trinajstić information content (AvgIpc) is 2.74. The van der Waals surface area contributed by atoms with Crippen molar-refractivity contribution in [3.05, 3.63) is 50.5 Å². The molecule has 0 unspecified atom stereocenters. The minimum atomic E-state index is -1.40. The minimum Gasteiger partial charge on any atom is -0.395 e. The zero-order valence-electron chi connectivity index (χ0n) is 15.8. The van der Waals surface area contributed by atoms with Crippen molar-refractivity contribution in [2.24, 2.45) is 5.16 Å². The van der Waals surface area contributed by atoms with Gasteiger partial charge in [0.15, 0.2) is 17.5 Å². The van der Waals surface area contributed by atoms with Gasteiger partial charge >= 0.3 is 0 Å². The lowest BCUT2D eigenvalue weighted by atomic mass is 10.1. The molecular weight excluding hydrogens is 538 g/mol. The number of oxime groups is 1. The summed E-state index contributed by atoms with van der Waals surface area (Å²) >= 11 is 0.927. The number of nitrogens with one attached hydrogen (secondary N) is 2. The van der Waals surface area contributed by atoms with Crippen molar-refractivity contribution in [3.63, 3.8) is 0 Å². The molecule has 1 aliphatic heterocycles. The molecule has 12 heteroatoms. The average molecular weight is 557 g/mol. The first-order valence-corrected chi connectivity index (χ1v) is 12.4. The Bertz CT molecular complexity index is 894. The number of allylic oxidation sites excluding steroid dienone is 2. The van der Waals surface area contributed by atoms with Crippen molar-refractivity contribution in [3.8, 4) is 0 Å². The number of nitrogens with zero attached hydrogens (tertiary/aromatic N) is 1. The normalized spacial score (nSPS) is 13.5. The number of carbonyl (C=O) groups is 1. The molecule has 30 heavy (non-hydrogen) atoms. The number of carbonyl (C=O) groups excluding carboxylic acids is 1. The van der Waals surface area contributed by atoms with Crippen molar-refractivity contribution < 1.29 is 32.7 Å². The Kier molecular flexibility index (Phi) is 10.3. The first-order valence-electron chi connectivity index (χ1n) is 8.47. The van der Waals surface area contributed by atoms with Crippen LogP contribution in [0.2, 0.25) is 0 Å². The summed E-state index contributed by atoms with van der Waals surface area (Å²) in [4.78, 5) is 22.1. The SMILES string of the molecule is CSCCO/N=C/c1cc(C(=O)NOCCO)c(NC2=C(F)C=IC=C2)c(F)c1F. The summed E-state index contributed by atoms with van der Waals surface area (Å²) in [6.45, 7) is -0.310. The summed E-state index contributed by atoms with van der Waals surface area (Å²) in [5.74, 6) is -3.59. The largest absolute Gasteiger partial charge is 0.395 e. The Morgan fingerprint density at radius 2 is 2.13 bits per heavy atom. The molecular formula is C18H19F3IN3O4S. The molecule has 0 fully saturated rings. The van der Waals surface area contributed by atoms with Crippen LogP contribution in [-0.2, 0) is 9.68 Å². The fourth-order valence-electron chi connectivity index (χ4n) is 2.09. The lowest BCUT2D eigenvalue weighted by molar-refractivity contribution is 0.0168. The van der Waals surface area contributed by atoms with Crippen molar-refractivity contribution in [2.75, 3.05) is 37.1 Å². The van der Waals surface area contributed by atoms with Gasteiger partial charge < -0.3 is 15.3 Å². The van der Waals surface area contributed by atoms with Crippen LogP contribution in [0, 0.1) is 11.6 Å². The van der Waals surface area contributed by atoms with Crippen LogP contribution in [0.15, 0.2) is 32.9 Å². The van der Waals surface area contributed by atoms with Gasteiger partial charge in [0.05, 0.1) is 36.4 Å². The number of aliphatic hydroxyl groups excluding tert-OH is 1. The summed E-state index contributed by atoms with van der Waals surface area (Å²) in [5.41, 5.74) is 0.635. The molecule has 0 bridgehead atoms. The monoisotopic (exact) mass is 557 g/mol. The predicted molar refractivity (Wildman–Crippen MR) is 120 cm³/mol. The van der Waals surface area contributed by atoms with Crippen LogP contribution in [0.5, 0.6) is 0 Å². The van der Waals surface area contributed by atoms with Gasteiger partial charge in [-0.3, -0.25) is 9.63 Å². The maximum Gasteiger partial charge on any atom is 0.277 e. The number of hydrogen-bond acceptors (Lipinski definition) is 7. The number of hydrogen-bond donors (Lipinski definition) is 3. The van der Waals surface area contributed by atoms with Crippen LogP contribution in [0.3, 0.4) is 0 Å². The quantitative estimate of drug-likeness (QED) is 0.168. The molecule has 0 saturated carbocycles. The standard InChI is InChI=1S/C18H19F3IN3O4S/c1-30-7-6-28-23-10-11-8-12(18(27)25-29-5-4-26)17(16(21)15(11)20)24-14-2-3-22-9-13(14)19/h2-3,8-10,24,26H,4-7H2,1H3,(H,25,27)/b23-10+. The molecule has 0 saturated heterocycles. The third kappa shape index (κ3) is 6.82.